The first-order valence-corrected chi connectivity index (χ1v) is 24.5. The molecule has 0 aromatic carbocycles. The molecule has 0 rings (SSSR count). The van der Waals surface area contributed by atoms with E-state index in [1.54, 1.807) is 6.08 Å². The van der Waals surface area contributed by atoms with E-state index in [0.717, 1.165) is 25.7 Å². The monoisotopic (exact) mass is 764 g/mol. The summed E-state index contributed by atoms with van der Waals surface area (Å²) in [6.45, 7) is 4.23. The van der Waals surface area contributed by atoms with E-state index in [9.17, 15) is 20.1 Å². The molecule has 3 atom stereocenters. The van der Waals surface area contributed by atoms with Crippen molar-refractivity contribution in [1.82, 2.24) is 5.32 Å². The van der Waals surface area contributed by atoms with Gasteiger partial charge in [-0.1, -0.05) is 257 Å². The van der Waals surface area contributed by atoms with Gasteiger partial charge in [-0.15, -0.1) is 0 Å². The Labute approximate surface area is 338 Å². The number of unbranched alkanes of at least 4 members (excludes halogenated alkanes) is 36. The molecule has 5 heteroatoms. The second kappa shape index (κ2) is 44.8. The van der Waals surface area contributed by atoms with Gasteiger partial charge in [0.25, 0.3) is 0 Å². The van der Waals surface area contributed by atoms with E-state index in [0.29, 0.717) is 6.42 Å². The van der Waals surface area contributed by atoms with Crippen molar-refractivity contribution in [3.63, 3.8) is 0 Å². The van der Waals surface area contributed by atoms with E-state index < -0.39 is 18.2 Å². The van der Waals surface area contributed by atoms with Crippen molar-refractivity contribution in [2.45, 2.75) is 289 Å². The summed E-state index contributed by atoms with van der Waals surface area (Å²) in [5.41, 5.74) is 0. The molecule has 5 nitrogen and oxygen atoms in total. The third-order valence-corrected chi connectivity index (χ3v) is 11.6. The average molecular weight is 764 g/mol. The zero-order valence-corrected chi connectivity index (χ0v) is 36.6. The van der Waals surface area contributed by atoms with Crippen LogP contribution in [0.3, 0.4) is 0 Å². The maximum absolute atomic E-state index is 12.5. The number of hydrogen-bond donors (Lipinski definition) is 4. The number of nitrogens with one attached hydrogen (secondary N) is 1. The topological polar surface area (TPSA) is 89.8 Å². The fraction of sp³-hybridized carbons (Fsp3) is 0.939. The Balaban J connectivity index is 3.54. The molecule has 0 saturated carbocycles. The summed E-state index contributed by atoms with van der Waals surface area (Å²) in [4.78, 5) is 12.5. The Morgan fingerprint density at radius 2 is 0.759 bits per heavy atom. The van der Waals surface area contributed by atoms with E-state index in [1.807, 2.05) is 6.08 Å². The Bertz CT molecular complexity index is 758. The number of rotatable bonds is 45. The van der Waals surface area contributed by atoms with Crippen LogP contribution >= 0.6 is 0 Å². The number of amides is 1. The van der Waals surface area contributed by atoms with Gasteiger partial charge >= 0.3 is 0 Å². The third kappa shape index (κ3) is 40.7. The van der Waals surface area contributed by atoms with Gasteiger partial charge in [-0.2, -0.15) is 0 Å². The second-order valence-electron chi connectivity index (χ2n) is 17.1. The van der Waals surface area contributed by atoms with Crippen molar-refractivity contribution in [2.75, 3.05) is 6.61 Å². The van der Waals surface area contributed by atoms with Crippen molar-refractivity contribution in [3.8, 4) is 0 Å². The zero-order chi connectivity index (χ0) is 39.4. The molecule has 0 radical (unpaired) electrons. The molecule has 3 unspecified atom stereocenters. The molecular weight excluding hydrogens is 667 g/mol. The first-order chi connectivity index (χ1) is 26.5. The largest absolute Gasteiger partial charge is 0.394 e. The van der Waals surface area contributed by atoms with E-state index in [-0.39, 0.29) is 18.9 Å². The minimum Gasteiger partial charge on any atom is -0.394 e. The minimum atomic E-state index is -0.924. The van der Waals surface area contributed by atoms with Crippen LogP contribution in [0, 0.1) is 0 Å². The molecule has 54 heavy (non-hydrogen) atoms. The summed E-state index contributed by atoms with van der Waals surface area (Å²) in [6, 6.07) is -0.739. The Hall–Kier alpha value is -0.910. The van der Waals surface area contributed by atoms with Gasteiger partial charge in [0.15, 0.2) is 0 Å². The van der Waals surface area contributed by atoms with Crippen LogP contribution < -0.4 is 5.32 Å². The summed E-state index contributed by atoms with van der Waals surface area (Å²) in [5, 5.41) is 33.3. The van der Waals surface area contributed by atoms with Crippen LogP contribution in [-0.4, -0.2) is 46.1 Å². The predicted octanol–water partition coefficient (Wildman–Crippen LogP) is 14.4. The smallest absolute Gasteiger partial charge is 0.222 e. The molecule has 0 bridgehead atoms. The molecule has 0 fully saturated rings. The molecule has 322 valence electrons. The van der Waals surface area contributed by atoms with E-state index in [4.69, 9.17) is 0 Å². The number of allylic oxidation sites excluding steroid dienone is 1. The van der Waals surface area contributed by atoms with Crippen LogP contribution in [0.25, 0.3) is 0 Å². The average Bonchev–Trinajstić information content (AvgIpc) is 3.16. The third-order valence-electron chi connectivity index (χ3n) is 11.6. The maximum atomic E-state index is 12.5. The molecule has 0 aliphatic heterocycles. The second-order valence-corrected chi connectivity index (χ2v) is 17.1. The normalized spacial score (nSPS) is 13.5. The highest BCUT2D eigenvalue weighted by Crippen LogP contribution is 2.17. The summed E-state index contributed by atoms with van der Waals surface area (Å²) >= 11 is 0. The van der Waals surface area contributed by atoms with Gasteiger partial charge in [0.2, 0.25) is 5.91 Å². The highest BCUT2D eigenvalue weighted by molar-refractivity contribution is 5.76. The number of aliphatic hydroxyl groups excluding tert-OH is 3. The molecule has 0 aromatic rings. The standard InChI is InChI=1S/C49H97NO4/c1-3-5-7-9-11-13-15-17-19-20-21-22-23-24-25-26-27-28-29-30-32-34-36-38-40-42-46(52)44-49(54)50-47(45-51)48(53)43-41-39-37-35-33-31-18-16-14-12-10-8-6-4-2/h41,43,46-48,51-53H,3-40,42,44-45H2,1-2H3,(H,50,54)/b43-41+. The summed E-state index contributed by atoms with van der Waals surface area (Å²) < 4.78 is 0. The maximum Gasteiger partial charge on any atom is 0.222 e. The first kappa shape index (κ1) is 53.1. The van der Waals surface area contributed by atoms with Crippen LogP contribution in [0.4, 0.5) is 0 Å². The van der Waals surface area contributed by atoms with Crippen molar-refractivity contribution in [2.24, 2.45) is 0 Å². The lowest BCUT2D eigenvalue weighted by molar-refractivity contribution is -0.124. The Morgan fingerprint density at radius 1 is 0.463 bits per heavy atom. The van der Waals surface area contributed by atoms with Gasteiger partial charge in [-0.05, 0) is 19.3 Å². The lowest BCUT2D eigenvalue weighted by atomic mass is 10.0. The minimum absolute atomic E-state index is 0.0190. The lowest BCUT2D eigenvalue weighted by Crippen LogP contribution is -2.45. The molecule has 0 spiro atoms. The molecule has 0 aliphatic carbocycles. The Morgan fingerprint density at radius 3 is 1.07 bits per heavy atom. The molecule has 0 aliphatic rings. The number of carbonyl (C=O) groups is 1. The molecular formula is C49H97NO4. The summed E-state index contributed by atoms with van der Waals surface area (Å²) in [5.74, 6) is -0.311. The van der Waals surface area contributed by atoms with Crippen molar-refractivity contribution >= 4 is 5.91 Å². The first-order valence-electron chi connectivity index (χ1n) is 24.5. The van der Waals surface area contributed by atoms with Gasteiger partial charge in [0.05, 0.1) is 31.3 Å². The quantitative estimate of drug-likeness (QED) is 0.0367. The van der Waals surface area contributed by atoms with Crippen molar-refractivity contribution in [3.05, 3.63) is 12.2 Å². The van der Waals surface area contributed by atoms with Gasteiger partial charge in [0.1, 0.15) is 0 Å². The highest BCUT2D eigenvalue weighted by atomic mass is 16.3. The molecule has 1 amide bonds. The van der Waals surface area contributed by atoms with E-state index in [1.165, 1.54) is 218 Å². The predicted molar refractivity (Wildman–Crippen MR) is 236 cm³/mol. The molecule has 4 N–H and O–H groups in total. The number of hydrogen-bond acceptors (Lipinski definition) is 4. The van der Waals surface area contributed by atoms with Crippen LogP contribution in [0.2, 0.25) is 0 Å². The Kier molecular flexibility index (Phi) is 44.0. The zero-order valence-electron chi connectivity index (χ0n) is 36.6. The van der Waals surface area contributed by atoms with Crippen LogP contribution in [0.15, 0.2) is 12.2 Å². The highest BCUT2D eigenvalue weighted by Gasteiger charge is 2.20. The molecule has 0 heterocycles. The molecule has 0 aromatic heterocycles. The number of carbonyl (C=O) groups excluding carboxylic acids is 1. The SMILES string of the molecule is CCCCCCCCCCCCCC/C=C/C(O)C(CO)NC(=O)CC(O)CCCCCCCCCCCCCCCCCCCCCCCCCCC. The van der Waals surface area contributed by atoms with Gasteiger partial charge in [0, 0.05) is 0 Å². The molecule has 0 saturated heterocycles. The van der Waals surface area contributed by atoms with Crippen molar-refractivity contribution in [1.29, 1.82) is 0 Å². The van der Waals surface area contributed by atoms with Gasteiger partial charge in [-0.25, -0.2) is 0 Å². The van der Waals surface area contributed by atoms with E-state index >= 15 is 0 Å². The lowest BCUT2D eigenvalue weighted by Gasteiger charge is -2.21. The fourth-order valence-corrected chi connectivity index (χ4v) is 7.81. The van der Waals surface area contributed by atoms with Crippen LogP contribution in [0.1, 0.15) is 271 Å². The van der Waals surface area contributed by atoms with Crippen LogP contribution in [-0.2, 0) is 4.79 Å². The fourth-order valence-electron chi connectivity index (χ4n) is 7.81. The van der Waals surface area contributed by atoms with E-state index in [2.05, 4.69) is 19.2 Å². The van der Waals surface area contributed by atoms with Crippen LogP contribution in [0.5, 0.6) is 0 Å². The van der Waals surface area contributed by atoms with Gasteiger partial charge in [-0.3, -0.25) is 4.79 Å². The number of aliphatic hydroxyl groups is 3. The van der Waals surface area contributed by atoms with Gasteiger partial charge < -0.3 is 20.6 Å². The van der Waals surface area contributed by atoms with Crippen molar-refractivity contribution < 1.29 is 20.1 Å². The summed E-state index contributed by atoms with van der Waals surface area (Å²) in [7, 11) is 0. The summed E-state index contributed by atoms with van der Waals surface area (Å²) in [6.07, 6.45) is 53.7.